The molecule has 4 heterocycles. The molecule has 2 aliphatic carbocycles. The molecule has 14 heteroatoms. The van der Waals surface area contributed by atoms with E-state index in [4.69, 9.17) is 19.2 Å². The van der Waals surface area contributed by atoms with E-state index in [1.165, 1.54) is 0 Å². The predicted molar refractivity (Wildman–Crippen MR) is 191 cm³/mol. The number of anilines is 1. The number of hydrogen-bond donors (Lipinski definition) is 2. The molecule has 3 aliphatic heterocycles. The molecule has 5 aliphatic rings. The Hall–Kier alpha value is -3.91. The summed E-state index contributed by atoms with van der Waals surface area (Å²) in [5.74, 6) is 0.580. The van der Waals surface area contributed by atoms with Crippen LogP contribution in [-0.4, -0.2) is 98.9 Å². The smallest absolute Gasteiger partial charge is 0.259 e. The Morgan fingerprint density at radius 1 is 1.08 bits per heavy atom. The van der Waals surface area contributed by atoms with Crippen molar-refractivity contribution in [3.63, 3.8) is 0 Å². The van der Waals surface area contributed by atoms with Gasteiger partial charge in [0, 0.05) is 37.2 Å². The van der Waals surface area contributed by atoms with Gasteiger partial charge in [0.25, 0.3) is 5.91 Å². The fourth-order valence-electron chi connectivity index (χ4n) is 7.84. The van der Waals surface area contributed by atoms with Crippen molar-refractivity contribution in [3.8, 4) is 11.6 Å². The van der Waals surface area contributed by atoms with Crippen molar-refractivity contribution in [1.29, 1.82) is 0 Å². The van der Waals surface area contributed by atoms with Crippen LogP contribution in [0, 0.1) is 17.8 Å². The van der Waals surface area contributed by atoms with Gasteiger partial charge in [-0.05, 0) is 80.0 Å². The summed E-state index contributed by atoms with van der Waals surface area (Å²) in [6.07, 6.45) is 7.72. The molecule has 3 amide bonds. The van der Waals surface area contributed by atoms with Crippen LogP contribution in [0.4, 0.5) is 5.82 Å². The highest BCUT2D eigenvalue weighted by molar-refractivity contribution is 7.91. The van der Waals surface area contributed by atoms with Crippen molar-refractivity contribution in [2.24, 2.45) is 17.8 Å². The molecule has 7 rings (SSSR count). The van der Waals surface area contributed by atoms with Crippen LogP contribution in [0.1, 0.15) is 65.2 Å². The second-order valence-electron chi connectivity index (χ2n) is 15.1. The van der Waals surface area contributed by atoms with Crippen molar-refractivity contribution in [2.75, 3.05) is 44.9 Å². The number of pyridine rings is 1. The first-order valence-electron chi connectivity index (χ1n) is 18.3. The van der Waals surface area contributed by atoms with Gasteiger partial charge in [0.1, 0.15) is 29.3 Å². The quantitative estimate of drug-likeness (QED) is 0.407. The maximum absolute atomic E-state index is 14.3. The molecule has 2 N–H and O–H groups in total. The Bertz CT molecular complexity index is 1810. The van der Waals surface area contributed by atoms with Gasteiger partial charge < -0.3 is 29.3 Å². The number of carbonyl (C=O) groups excluding carboxylic acids is 3. The van der Waals surface area contributed by atoms with Crippen LogP contribution >= 0.6 is 0 Å². The summed E-state index contributed by atoms with van der Waals surface area (Å²) < 4.78 is 45.5. The third kappa shape index (κ3) is 7.67. The first kappa shape index (κ1) is 35.5. The van der Waals surface area contributed by atoms with Crippen LogP contribution in [0.25, 0.3) is 10.8 Å². The lowest BCUT2D eigenvalue weighted by atomic mass is 9.91. The second kappa shape index (κ2) is 14.3. The van der Waals surface area contributed by atoms with Crippen molar-refractivity contribution in [3.05, 3.63) is 36.4 Å². The first-order chi connectivity index (χ1) is 24.5. The van der Waals surface area contributed by atoms with Gasteiger partial charge in [-0.1, -0.05) is 26.0 Å². The largest absolute Gasteiger partial charge is 0.497 e. The second-order valence-corrected chi connectivity index (χ2v) is 17.1. The molecule has 2 saturated carbocycles. The van der Waals surface area contributed by atoms with E-state index in [0.717, 1.165) is 35.9 Å². The molecule has 51 heavy (non-hydrogen) atoms. The van der Waals surface area contributed by atoms with E-state index in [1.807, 2.05) is 36.4 Å². The number of nitrogens with one attached hydrogen (secondary N) is 2. The average Bonchev–Trinajstić information content (AvgIpc) is 4.03. The number of ether oxygens (including phenoxy) is 3. The van der Waals surface area contributed by atoms with Gasteiger partial charge in [-0.2, -0.15) is 4.98 Å². The van der Waals surface area contributed by atoms with Gasteiger partial charge in [0.05, 0.1) is 32.1 Å². The highest BCUT2D eigenvalue weighted by Gasteiger charge is 2.62. The zero-order valence-electron chi connectivity index (χ0n) is 29.6. The van der Waals surface area contributed by atoms with Gasteiger partial charge in [0.15, 0.2) is 0 Å². The number of benzene rings is 1. The Kier molecular flexibility index (Phi) is 9.92. The number of aromatic nitrogens is 1. The van der Waals surface area contributed by atoms with Crippen LogP contribution in [0.5, 0.6) is 11.6 Å². The number of nitrogens with zero attached hydrogens (tertiary/aromatic N) is 3. The Labute approximate surface area is 299 Å². The monoisotopic (exact) mass is 723 g/mol. The third-order valence-electron chi connectivity index (χ3n) is 11.0. The molecule has 13 nitrogen and oxygen atoms in total. The summed E-state index contributed by atoms with van der Waals surface area (Å²) in [5.41, 5.74) is -1.41. The van der Waals surface area contributed by atoms with Crippen LogP contribution in [0.2, 0.25) is 0 Å². The van der Waals surface area contributed by atoms with E-state index in [-0.39, 0.29) is 43.6 Å². The number of carbonyl (C=O) groups is 3. The van der Waals surface area contributed by atoms with Crippen LogP contribution < -0.4 is 24.4 Å². The number of sulfonamides is 1. The van der Waals surface area contributed by atoms with E-state index < -0.39 is 44.8 Å². The average molecular weight is 724 g/mol. The van der Waals surface area contributed by atoms with Gasteiger partial charge in [-0.25, -0.2) is 8.42 Å². The zero-order valence-corrected chi connectivity index (χ0v) is 30.5. The molecule has 276 valence electrons. The highest BCUT2D eigenvalue weighted by atomic mass is 32.2. The van der Waals surface area contributed by atoms with Gasteiger partial charge in [-0.3, -0.25) is 19.1 Å². The molecule has 2 saturated heterocycles. The molecule has 0 unspecified atom stereocenters. The minimum absolute atomic E-state index is 0.106. The lowest BCUT2D eigenvalue weighted by molar-refractivity contribution is -0.140. The van der Waals surface area contributed by atoms with E-state index >= 15 is 0 Å². The van der Waals surface area contributed by atoms with Gasteiger partial charge in [-0.15, -0.1) is 0 Å². The SMILES string of the molecule is COc1ccc2c(O[C@@H]3C[C@H]4C(=O)N[C@]5(C(=O)NS(=O)(=O)C6CC6)C[C@H]5/C=C\CC[C@H](C)C[C@@H](C)CC(=O)N4C3)nc(N3CCOCC3)cc2c1. The Morgan fingerprint density at radius 2 is 1.86 bits per heavy atom. The Morgan fingerprint density at radius 3 is 2.61 bits per heavy atom. The van der Waals surface area contributed by atoms with Crippen molar-refractivity contribution < 1.29 is 37.0 Å². The molecule has 4 fully saturated rings. The number of fused-ring (bicyclic) bond motifs is 3. The fourth-order valence-corrected chi connectivity index (χ4v) is 9.20. The summed E-state index contributed by atoms with van der Waals surface area (Å²) >= 11 is 0. The lowest BCUT2D eigenvalue weighted by Gasteiger charge is -2.28. The number of allylic oxidation sites excluding steroid dienone is 1. The standard InChI is InChI=1S/C37H49N5O8S/c1-23-6-4-5-7-26-21-37(26,36(45)40-51(46,47)29-9-10-29)39-34(44)31-20-28(22-42(31)33(43)17-24(2)16-23)50-35-30-11-8-27(48-3)18-25(30)19-32(38-35)41-12-14-49-15-13-41/h5,7-8,11,18-19,23-24,26,28-29,31H,4,6,9-10,12-17,20-22H2,1-3H3,(H,39,44)(H,40,45)/b7-5-/t23-,24+,26+,28+,31-,37+/m0/s1. The molecule has 0 radical (unpaired) electrons. The van der Waals surface area contributed by atoms with E-state index in [0.29, 0.717) is 56.7 Å². The van der Waals surface area contributed by atoms with E-state index in [1.54, 1.807) is 12.0 Å². The highest BCUT2D eigenvalue weighted by Crippen LogP contribution is 2.46. The van der Waals surface area contributed by atoms with Crippen molar-refractivity contribution in [1.82, 2.24) is 19.9 Å². The summed E-state index contributed by atoms with van der Waals surface area (Å²) in [4.78, 5) is 50.6. The lowest BCUT2D eigenvalue weighted by Crippen LogP contribution is -2.56. The molecule has 1 aromatic carbocycles. The molecular weight excluding hydrogens is 675 g/mol. The summed E-state index contributed by atoms with van der Waals surface area (Å²) in [5, 5.41) is 4.02. The number of hydrogen-bond acceptors (Lipinski definition) is 10. The molecule has 2 aromatic rings. The minimum atomic E-state index is -3.83. The number of methoxy groups -OCH3 is 1. The van der Waals surface area contributed by atoms with Crippen LogP contribution in [0.3, 0.4) is 0 Å². The normalized spacial score (nSPS) is 31.1. The predicted octanol–water partition coefficient (Wildman–Crippen LogP) is 3.31. The van der Waals surface area contributed by atoms with Gasteiger partial charge in [0.2, 0.25) is 27.7 Å². The number of rotatable bonds is 7. The van der Waals surface area contributed by atoms with Gasteiger partial charge >= 0.3 is 0 Å². The Balaban J connectivity index is 1.18. The third-order valence-corrected chi connectivity index (χ3v) is 12.8. The molecular formula is C37H49N5O8S. The fraction of sp³-hybridized carbons (Fsp3) is 0.622. The molecule has 6 atom stereocenters. The summed E-state index contributed by atoms with van der Waals surface area (Å²) in [6.45, 7) is 6.95. The maximum Gasteiger partial charge on any atom is 0.259 e. The molecule has 0 bridgehead atoms. The minimum Gasteiger partial charge on any atom is -0.497 e. The topological polar surface area (TPSA) is 156 Å². The van der Waals surface area contributed by atoms with Crippen molar-refractivity contribution in [2.45, 2.75) is 88.1 Å². The van der Waals surface area contributed by atoms with E-state index in [9.17, 15) is 22.8 Å². The van der Waals surface area contributed by atoms with Crippen LogP contribution in [0.15, 0.2) is 36.4 Å². The maximum atomic E-state index is 14.3. The summed E-state index contributed by atoms with van der Waals surface area (Å²) in [7, 11) is -2.22. The summed E-state index contributed by atoms with van der Waals surface area (Å²) in [6, 6.07) is 6.76. The van der Waals surface area contributed by atoms with Crippen LogP contribution in [-0.2, 0) is 29.1 Å². The molecule has 1 aromatic heterocycles. The molecule has 0 spiro atoms. The number of amides is 3. The zero-order chi connectivity index (χ0) is 35.9. The first-order valence-corrected chi connectivity index (χ1v) is 19.8. The van der Waals surface area contributed by atoms with E-state index in [2.05, 4.69) is 28.8 Å². The van der Waals surface area contributed by atoms with Crippen molar-refractivity contribution >= 4 is 44.3 Å². The number of morpholine rings is 1.